The van der Waals surface area contributed by atoms with E-state index in [2.05, 4.69) is 16.9 Å². The molecule has 5 N–H and O–H groups in total. The largest absolute Gasteiger partial charge is 0.370 e. The van der Waals surface area contributed by atoms with E-state index in [0.29, 0.717) is 12.5 Å². The van der Waals surface area contributed by atoms with Crippen LogP contribution >= 0.6 is 12.4 Å². The smallest absolute Gasteiger partial charge is 0.188 e. The Hall–Kier alpha value is -0.740. The number of halogens is 1. The van der Waals surface area contributed by atoms with Crippen molar-refractivity contribution >= 4 is 18.4 Å². The molecule has 0 bridgehead atoms. The lowest BCUT2D eigenvalue weighted by Crippen LogP contribution is -2.31. The van der Waals surface area contributed by atoms with Crippen LogP contribution in [0.25, 0.3) is 0 Å². The summed E-state index contributed by atoms with van der Waals surface area (Å²) in [7, 11) is 0. The highest BCUT2D eigenvalue weighted by atomic mass is 35.5. The molecule has 0 aliphatic heterocycles. The fourth-order valence-corrected chi connectivity index (χ4v) is 0.688. The van der Waals surface area contributed by atoms with Gasteiger partial charge in [0, 0.05) is 13.1 Å². The van der Waals surface area contributed by atoms with E-state index in [1.54, 1.807) is 6.08 Å². The standard InChI is InChI=1S/C8H18N4.ClH/c1-2-6-11-8(10)12-7-4-3-5-9;/h2H,1,3-7,9H2,(H3,10,11,12);1H. The van der Waals surface area contributed by atoms with Crippen LogP contribution in [-0.2, 0) is 0 Å². The maximum atomic E-state index is 5.50. The monoisotopic (exact) mass is 206 g/mol. The molecule has 0 saturated heterocycles. The zero-order chi connectivity index (χ0) is 9.23. The molecule has 0 aromatic rings. The van der Waals surface area contributed by atoms with Gasteiger partial charge in [-0.2, -0.15) is 0 Å². The predicted molar refractivity (Wildman–Crippen MR) is 60.2 cm³/mol. The lowest BCUT2D eigenvalue weighted by molar-refractivity contribution is 0.752. The lowest BCUT2D eigenvalue weighted by Gasteiger charge is -2.01. The number of nitrogens with one attached hydrogen (secondary N) is 1. The van der Waals surface area contributed by atoms with Gasteiger partial charge in [-0.1, -0.05) is 6.08 Å². The van der Waals surface area contributed by atoms with Gasteiger partial charge in [0.2, 0.25) is 0 Å². The van der Waals surface area contributed by atoms with Crippen LogP contribution < -0.4 is 16.8 Å². The molecule has 0 unspecified atom stereocenters. The second kappa shape index (κ2) is 11.3. The molecule has 4 nitrogen and oxygen atoms in total. The molecular weight excluding hydrogens is 188 g/mol. The minimum absolute atomic E-state index is 0. The van der Waals surface area contributed by atoms with Crippen molar-refractivity contribution in [3.63, 3.8) is 0 Å². The van der Waals surface area contributed by atoms with Crippen LogP contribution in [0, 0.1) is 0 Å². The fourth-order valence-electron chi connectivity index (χ4n) is 0.688. The Balaban J connectivity index is 0. The first-order valence-corrected chi connectivity index (χ1v) is 4.16. The predicted octanol–water partition coefficient (Wildman–Crippen LogP) is 0.237. The summed E-state index contributed by atoms with van der Waals surface area (Å²) in [6.45, 7) is 5.67. The molecule has 0 heterocycles. The third kappa shape index (κ3) is 11.3. The molecule has 0 aromatic carbocycles. The average Bonchev–Trinajstić information content (AvgIpc) is 2.09. The van der Waals surface area contributed by atoms with Crippen molar-refractivity contribution in [1.29, 1.82) is 0 Å². The molecule has 13 heavy (non-hydrogen) atoms. The Morgan fingerprint density at radius 1 is 1.46 bits per heavy atom. The molecule has 0 radical (unpaired) electrons. The van der Waals surface area contributed by atoms with Crippen LogP contribution in [0.1, 0.15) is 12.8 Å². The third-order valence-corrected chi connectivity index (χ3v) is 1.32. The van der Waals surface area contributed by atoms with E-state index in [0.717, 1.165) is 25.9 Å². The van der Waals surface area contributed by atoms with E-state index in [1.807, 2.05) is 0 Å². The van der Waals surface area contributed by atoms with E-state index in [-0.39, 0.29) is 12.4 Å². The summed E-state index contributed by atoms with van der Waals surface area (Å²) in [4.78, 5) is 4.08. The summed E-state index contributed by atoms with van der Waals surface area (Å²) >= 11 is 0. The van der Waals surface area contributed by atoms with Gasteiger partial charge >= 0.3 is 0 Å². The van der Waals surface area contributed by atoms with E-state index in [9.17, 15) is 0 Å². The van der Waals surface area contributed by atoms with Gasteiger partial charge in [-0.05, 0) is 19.4 Å². The fraction of sp³-hybridized carbons (Fsp3) is 0.625. The van der Waals surface area contributed by atoms with Gasteiger partial charge in [-0.25, -0.2) is 0 Å². The normalized spacial score (nSPS) is 10.4. The van der Waals surface area contributed by atoms with Crippen molar-refractivity contribution < 1.29 is 0 Å². The molecule has 5 heteroatoms. The summed E-state index contributed by atoms with van der Waals surface area (Å²) in [6.07, 6.45) is 3.73. The Morgan fingerprint density at radius 3 is 2.69 bits per heavy atom. The van der Waals surface area contributed by atoms with Crippen molar-refractivity contribution in [3.05, 3.63) is 12.7 Å². The molecule has 0 aliphatic carbocycles. The van der Waals surface area contributed by atoms with Gasteiger partial charge in [0.25, 0.3) is 0 Å². The van der Waals surface area contributed by atoms with Crippen LogP contribution in [-0.4, -0.2) is 25.6 Å². The lowest BCUT2D eigenvalue weighted by atomic mass is 10.3. The molecule has 78 valence electrons. The number of nitrogens with two attached hydrogens (primary N) is 2. The number of unbranched alkanes of at least 4 members (excludes halogenated alkanes) is 1. The molecule has 0 rings (SSSR count). The topological polar surface area (TPSA) is 76.4 Å². The first-order chi connectivity index (χ1) is 5.81. The number of aliphatic imine (C=N–C) groups is 1. The van der Waals surface area contributed by atoms with Crippen molar-refractivity contribution in [2.45, 2.75) is 12.8 Å². The average molecular weight is 207 g/mol. The van der Waals surface area contributed by atoms with Crippen molar-refractivity contribution in [2.24, 2.45) is 16.5 Å². The highest BCUT2D eigenvalue weighted by Crippen LogP contribution is 1.85. The van der Waals surface area contributed by atoms with Gasteiger partial charge in [0.1, 0.15) is 0 Å². The molecule has 0 aliphatic rings. The van der Waals surface area contributed by atoms with Crippen LogP contribution in [0.5, 0.6) is 0 Å². The zero-order valence-corrected chi connectivity index (χ0v) is 8.65. The van der Waals surface area contributed by atoms with Crippen LogP contribution in [0.4, 0.5) is 0 Å². The Bertz CT molecular complexity index is 147. The van der Waals surface area contributed by atoms with E-state index in [1.165, 1.54) is 0 Å². The maximum absolute atomic E-state index is 5.50. The van der Waals surface area contributed by atoms with Gasteiger partial charge in [0.05, 0.1) is 0 Å². The first-order valence-electron chi connectivity index (χ1n) is 4.16. The minimum Gasteiger partial charge on any atom is -0.370 e. The van der Waals surface area contributed by atoms with Crippen LogP contribution in [0.2, 0.25) is 0 Å². The summed E-state index contributed by atoms with van der Waals surface area (Å²) < 4.78 is 0. The Labute approximate surface area is 85.9 Å². The number of hydrogen-bond acceptors (Lipinski definition) is 2. The summed E-state index contributed by atoms with van der Waals surface area (Å²) in [6, 6.07) is 0. The van der Waals surface area contributed by atoms with Gasteiger partial charge < -0.3 is 16.8 Å². The Kier molecular flexibility index (Phi) is 12.8. The van der Waals surface area contributed by atoms with Gasteiger partial charge in [-0.15, -0.1) is 19.0 Å². The third-order valence-electron chi connectivity index (χ3n) is 1.32. The van der Waals surface area contributed by atoms with Gasteiger partial charge in [-0.3, -0.25) is 4.99 Å². The first kappa shape index (κ1) is 14.8. The van der Waals surface area contributed by atoms with E-state index < -0.39 is 0 Å². The second-order valence-electron chi connectivity index (χ2n) is 2.43. The highest BCUT2D eigenvalue weighted by Gasteiger charge is 1.87. The number of rotatable bonds is 6. The molecule has 0 fully saturated rings. The molecular formula is C8H19ClN4. The number of guanidine groups is 1. The zero-order valence-electron chi connectivity index (χ0n) is 7.83. The molecule has 0 atom stereocenters. The number of hydrogen-bond donors (Lipinski definition) is 3. The van der Waals surface area contributed by atoms with Crippen LogP contribution in [0.15, 0.2) is 17.6 Å². The molecule has 0 amide bonds. The second-order valence-corrected chi connectivity index (χ2v) is 2.43. The SMILES string of the molecule is C=CCNC(N)=NCCCCN.Cl. The summed E-state index contributed by atoms with van der Waals surface area (Å²) in [5, 5.41) is 2.89. The maximum Gasteiger partial charge on any atom is 0.188 e. The quantitative estimate of drug-likeness (QED) is 0.252. The van der Waals surface area contributed by atoms with Crippen molar-refractivity contribution in [1.82, 2.24) is 5.32 Å². The van der Waals surface area contributed by atoms with Crippen molar-refractivity contribution in [2.75, 3.05) is 19.6 Å². The molecule has 0 saturated carbocycles. The van der Waals surface area contributed by atoms with Crippen LogP contribution in [0.3, 0.4) is 0 Å². The molecule has 0 aromatic heterocycles. The molecule has 0 spiro atoms. The summed E-state index contributed by atoms with van der Waals surface area (Å²) in [5.41, 5.74) is 10.8. The number of nitrogens with zero attached hydrogens (tertiary/aromatic N) is 1. The van der Waals surface area contributed by atoms with E-state index in [4.69, 9.17) is 11.5 Å². The highest BCUT2D eigenvalue weighted by molar-refractivity contribution is 5.85. The van der Waals surface area contributed by atoms with E-state index >= 15 is 0 Å². The minimum atomic E-state index is 0. The van der Waals surface area contributed by atoms with Gasteiger partial charge in [0.15, 0.2) is 5.96 Å². The Morgan fingerprint density at radius 2 is 2.15 bits per heavy atom. The van der Waals surface area contributed by atoms with Crippen molar-refractivity contribution in [3.8, 4) is 0 Å². The summed E-state index contributed by atoms with van der Waals surface area (Å²) in [5.74, 6) is 0.479.